The highest BCUT2D eigenvalue weighted by molar-refractivity contribution is 14.0. The molecule has 0 saturated heterocycles. The number of phenols is 1. The molecule has 7 nitrogen and oxygen atoms in total. The number of hydrogen-bond acceptors (Lipinski definition) is 4. The predicted octanol–water partition coefficient (Wildman–Crippen LogP) is 3.50. The van der Waals surface area contributed by atoms with E-state index >= 15 is 0 Å². The average molecular weight is 540 g/mol. The summed E-state index contributed by atoms with van der Waals surface area (Å²) in [5.74, 6) is 1.96. The number of carbonyl (C=O) groups excluding carboxylic acids is 1. The second-order valence-corrected chi connectivity index (χ2v) is 6.95. The van der Waals surface area contributed by atoms with Gasteiger partial charge in [0.05, 0.1) is 7.11 Å². The molecule has 0 aliphatic carbocycles. The number of benzene rings is 2. The number of rotatable bonds is 10. The van der Waals surface area contributed by atoms with Crippen molar-refractivity contribution < 1.29 is 14.6 Å². The van der Waals surface area contributed by atoms with E-state index in [0.717, 1.165) is 24.7 Å². The highest BCUT2D eigenvalue weighted by Gasteiger charge is 2.07. The number of phenolic OH excluding ortho intramolecular Hbond substituents is 1. The Labute approximate surface area is 201 Å². The lowest BCUT2D eigenvalue weighted by Crippen LogP contribution is -2.41. The van der Waals surface area contributed by atoms with Crippen molar-refractivity contribution in [2.45, 2.75) is 26.2 Å². The van der Waals surface area contributed by atoms with E-state index < -0.39 is 0 Å². The van der Waals surface area contributed by atoms with Crippen LogP contribution in [-0.4, -0.2) is 50.3 Å². The average Bonchev–Trinajstić information content (AvgIpc) is 2.77. The van der Waals surface area contributed by atoms with Gasteiger partial charge in [0.1, 0.15) is 11.5 Å². The van der Waals surface area contributed by atoms with Gasteiger partial charge in [0.15, 0.2) is 5.96 Å². The number of methoxy groups -OCH3 is 1. The zero-order valence-corrected chi connectivity index (χ0v) is 20.7. The van der Waals surface area contributed by atoms with E-state index in [1.807, 2.05) is 19.1 Å². The van der Waals surface area contributed by atoms with Gasteiger partial charge in [-0.2, -0.15) is 0 Å². The van der Waals surface area contributed by atoms with Crippen LogP contribution in [0.2, 0.25) is 0 Å². The molecule has 170 valence electrons. The van der Waals surface area contributed by atoms with Gasteiger partial charge in [0, 0.05) is 31.7 Å². The van der Waals surface area contributed by atoms with Crippen LogP contribution in [0, 0.1) is 0 Å². The van der Waals surface area contributed by atoms with Crippen molar-refractivity contribution in [2.24, 2.45) is 4.99 Å². The number of carbonyl (C=O) groups is 1. The van der Waals surface area contributed by atoms with Crippen LogP contribution in [0.1, 0.15) is 42.1 Å². The third-order valence-corrected chi connectivity index (χ3v) is 4.69. The first-order valence-corrected chi connectivity index (χ1v) is 10.3. The lowest BCUT2D eigenvalue weighted by Gasteiger charge is -2.14. The van der Waals surface area contributed by atoms with Gasteiger partial charge >= 0.3 is 0 Å². The number of aromatic hydroxyl groups is 1. The Kier molecular flexibility index (Phi) is 12.4. The number of ether oxygens (including phenoxy) is 1. The molecule has 0 aliphatic rings. The maximum Gasteiger partial charge on any atom is 0.251 e. The molecule has 0 bridgehead atoms. The molecule has 2 aromatic rings. The van der Waals surface area contributed by atoms with E-state index in [1.54, 1.807) is 19.2 Å². The summed E-state index contributed by atoms with van der Waals surface area (Å²) in [7, 11) is 1.67. The first-order chi connectivity index (χ1) is 14.5. The smallest absolute Gasteiger partial charge is 0.251 e. The molecule has 0 aromatic heterocycles. The van der Waals surface area contributed by atoms with Crippen LogP contribution < -0.4 is 20.7 Å². The van der Waals surface area contributed by atoms with E-state index in [9.17, 15) is 9.90 Å². The molecule has 0 saturated carbocycles. The zero-order chi connectivity index (χ0) is 21.8. The van der Waals surface area contributed by atoms with Crippen LogP contribution >= 0.6 is 24.0 Å². The second-order valence-electron chi connectivity index (χ2n) is 6.95. The van der Waals surface area contributed by atoms with Crippen molar-refractivity contribution in [3.05, 3.63) is 59.7 Å². The molecule has 0 heterocycles. The molecular weight excluding hydrogens is 507 g/mol. The first-order valence-electron chi connectivity index (χ1n) is 10.3. The maximum absolute atomic E-state index is 12.1. The molecule has 8 heteroatoms. The molecule has 2 aromatic carbocycles. The Hall–Kier alpha value is -2.49. The molecular formula is C23H33IN4O3. The van der Waals surface area contributed by atoms with Crippen LogP contribution in [-0.2, 0) is 0 Å². The zero-order valence-electron chi connectivity index (χ0n) is 18.4. The van der Waals surface area contributed by atoms with Crippen molar-refractivity contribution >= 4 is 35.8 Å². The van der Waals surface area contributed by atoms with E-state index in [2.05, 4.69) is 40.0 Å². The molecule has 1 unspecified atom stereocenters. The van der Waals surface area contributed by atoms with Crippen molar-refractivity contribution in [3.8, 4) is 11.5 Å². The fourth-order valence-electron chi connectivity index (χ4n) is 2.88. The van der Waals surface area contributed by atoms with Crippen LogP contribution in [0.5, 0.6) is 11.5 Å². The summed E-state index contributed by atoms with van der Waals surface area (Å²) in [6.07, 6.45) is 0.931. The number of nitrogens with one attached hydrogen (secondary N) is 3. The van der Waals surface area contributed by atoms with Crippen molar-refractivity contribution in [2.75, 3.05) is 33.3 Å². The van der Waals surface area contributed by atoms with E-state index in [-0.39, 0.29) is 35.6 Å². The van der Waals surface area contributed by atoms with Crippen LogP contribution in [0.15, 0.2) is 53.5 Å². The summed E-state index contributed by atoms with van der Waals surface area (Å²) in [6.45, 7) is 6.69. The largest absolute Gasteiger partial charge is 0.508 e. The summed E-state index contributed by atoms with van der Waals surface area (Å²) in [6, 6.07) is 14.3. The number of amides is 1. The lowest BCUT2D eigenvalue weighted by molar-refractivity contribution is 0.0954. The summed E-state index contributed by atoms with van der Waals surface area (Å²) < 4.78 is 5.21. The molecule has 2 rings (SSSR count). The molecule has 31 heavy (non-hydrogen) atoms. The van der Waals surface area contributed by atoms with E-state index in [4.69, 9.17) is 4.74 Å². The highest BCUT2D eigenvalue weighted by Crippen LogP contribution is 2.21. The fraction of sp³-hybridized carbons (Fsp3) is 0.391. The van der Waals surface area contributed by atoms with Gasteiger partial charge in [-0.1, -0.05) is 19.1 Å². The minimum Gasteiger partial charge on any atom is -0.508 e. The van der Waals surface area contributed by atoms with Crippen LogP contribution in [0.4, 0.5) is 0 Å². The fourth-order valence-corrected chi connectivity index (χ4v) is 2.88. The highest BCUT2D eigenvalue weighted by atomic mass is 127. The standard InChI is InChI=1S/C23H32N4O3.HI/c1-4-24-23(26-14-13-17(2)18-7-11-21(30-3)12-8-18)27-16-15-25-22(29)19-5-9-20(28)10-6-19;/h5-12,17,28H,4,13-16H2,1-3H3,(H,25,29)(H2,24,26,27);1H. The molecule has 0 radical (unpaired) electrons. The van der Waals surface area contributed by atoms with Gasteiger partial charge in [-0.05, 0) is 61.2 Å². The normalized spacial score (nSPS) is 11.8. The molecule has 1 atom stereocenters. The first kappa shape index (κ1) is 26.5. The van der Waals surface area contributed by atoms with E-state index in [0.29, 0.717) is 31.1 Å². The second kappa shape index (κ2) is 14.5. The van der Waals surface area contributed by atoms with Crippen molar-refractivity contribution in [1.29, 1.82) is 0 Å². The molecule has 0 spiro atoms. The van der Waals surface area contributed by atoms with Gasteiger partial charge in [-0.15, -0.1) is 24.0 Å². The minimum absolute atomic E-state index is 0. The number of halogens is 1. The van der Waals surface area contributed by atoms with Crippen molar-refractivity contribution in [1.82, 2.24) is 16.0 Å². The number of nitrogens with zero attached hydrogens (tertiary/aromatic N) is 1. The Morgan fingerprint density at radius 3 is 2.29 bits per heavy atom. The van der Waals surface area contributed by atoms with Gasteiger partial charge in [-0.3, -0.25) is 9.79 Å². The third kappa shape index (κ3) is 9.46. The number of hydrogen-bond donors (Lipinski definition) is 4. The SMILES string of the molecule is CCNC(=NCCC(C)c1ccc(OC)cc1)NCCNC(=O)c1ccc(O)cc1.I. The quantitative estimate of drug-likeness (QED) is 0.160. The van der Waals surface area contributed by atoms with Gasteiger partial charge in [0.2, 0.25) is 0 Å². The third-order valence-electron chi connectivity index (χ3n) is 4.69. The Bertz CT molecular complexity index is 811. The van der Waals surface area contributed by atoms with Crippen molar-refractivity contribution in [3.63, 3.8) is 0 Å². The molecule has 1 amide bonds. The minimum atomic E-state index is -0.174. The lowest BCUT2D eigenvalue weighted by atomic mass is 9.98. The summed E-state index contributed by atoms with van der Waals surface area (Å²) in [5.41, 5.74) is 1.78. The van der Waals surface area contributed by atoms with Crippen LogP contribution in [0.25, 0.3) is 0 Å². The Balaban J connectivity index is 0.00000480. The maximum atomic E-state index is 12.1. The van der Waals surface area contributed by atoms with Gasteiger partial charge < -0.3 is 25.8 Å². The van der Waals surface area contributed by atoms with E-state index in [1.165, 1.54) is 17.7 Å². The van der Waals surface area contributed by atoms with Crippen LogP contribution in [0.3, 0.4) is 0 Å². The number of guanidine groups is 1. The van der Waals surface area contributed by atoms with Gasteiger partial charge in [0.25, 0.3) is 5.91 Å². The Morgan fingerprint density at radius 2 is 1.68 bits per heavy atom. The number of aliphatic imine (C=N–C) groups is 1. The summed E-state index contributed by atoms with van der Waals surface area (Å²) in [4.78, 5) is 16.7. The Morgan fingerprint density at radius 1 is 1.03 bits per heavy atom. The topological polar surface area (TPSA) is 95.0 Å². The molecule has 4 N–H and O–H groups in total. The predicted molar refractivity (Wildman–Crippen MR) is 136 cm³/mol. The summed E-state index contributed by atoms with van der Waals surface area (Å²) in [5, 5.41) is 18.6. The van der Waals surface area contributed by atoms with Gasteiger partial charge in [-0.25, -0.2) is 0 Å². The molecule has 0 aliphatic heterocycles. The molecule has 0 fully saturated rings. The summed E-state index contributed by atoms with van der Waals surface area (Å²) >= 11 is 0. The monoisotopic (exact) mass is 540 g/mol.